The number of amides is 2. The van der Waals surface area contributed by atoms with Crippen LogP contribution in [0.15, 0.2) is 0 Å². The Hall–Kier alpha value is -1.79. The molecular formula is C14H26N2O5. The number of carbonyl (C=O) groups excluding carboxylic acids is 1. The number of nitrogens with one attached hydrogen (secondary N) is 2. The number of carboxylic acids is 2. The van der Waals surface area contributed by atoms with Crippen molar-refractivity contribution in [3.63, 3.8) is 0 Å². The first kappa shape index (κ1) is 19.2. The van der Waals surface area contributed by atoms with Crippen LogP contribution in [0.4, 0.5) is 4.79 Å². The average Bonchev–Trinajstić information content (AvgIpc) is 2.32. The highest BCUT2D eigenvalue weighted by Gasteiger charge is 2.23. The van der Waals surface area contributed by atoms with Crippen LogP contribution in [0, 0.1) is 11.3 Å². The standard InChI is InChI=1S/C14H26N2O5/c1-9(14(2,3)4)8-15-13(21)16-10(12(19)20)6-5-7-11(17)18/h9-10H,5-8H2,1-4H3,(H,17,18)(H,19,20)(H2,15,16,21)/t9?,10-/m1/s1. The molecule has 0 saturated heterocycles. The summed E-state index contributed by atoms with van der Waals surface area (Å²) in [5.41, 5.74) is 0.0426. The van der Waals surface area contributed by atoms with Crippen molar-refractivity contribution < 1.29 is 24.6 Å². The van der Waals surface area contributed by atoms with Gasteiger partial charge < -0.3 is 20.8 Å². The van der Waals surface area contributed by atoms with Crippen molar-refractivity contribution in [3.05, 3.63) is 0 Å². The van der Waals surface area contributed by atoms with Crippen LogP contribution in [0.2, 0.25) is 0 Å². The fourth-order valence-electron chi connectivity index (χ4n) is 1.48. The summed E-state index contributed by atoms with van der Waals surface area (Å²) in [5, 5.41) is 22.5. The molecule has 0 aliphatic rings. The molecule has 122 valence electrons. The van der Waals surface area contributed by atoms with E-state index in [0.717, 1.165) is 0 Å². The van der Waals surface area contributed by atoms with Crippen molar-refractivity contribution in [1.29, 1.82) is 0 Å². The van der Waals surface area contributed by atoms with Crippen LogP contribution in [0.3, 0.4) is 0 Å². The summed E-state index contributed by atoms with van der Waals surface area (Å²) < 4.78 is 0. The van der Waals surface area contributed by atoms with Gasteiger partial charge in [-0.15, -0.1) is 0 Å². The summed E-state index contributed by atoms with van der Waals surface area (Å²) in [6.07, 6.45) is 0.170. The quantitative estimate of drug-likeness (QED) is 0.544. The molecule has 7 nitrogen and oxygen atoms in total. The van der Waals surface area contributed by atoms with Crippen molar-refractivity contribution in [2.24, 2.45) is 11.3 Å². The van der Waals surface area contributed by atoms with Gasteiger partial charge in [0, 0.05) is 13.0 Å². The Kier molecular flexibility index (Phi) is 7.76. The Morgan fingerprint density at radius 3 is 2.14 bits per heavy atom. The van der Waals surface area contributed by atoms with Gasteiger partial charge in [-0.3, -0.25) is 4.79 Å². The van der Waals surface area contributed by atoms with Crippen molar-refractivity contribution in [3.8, 4) is 0 Å². The maximum atomic E-state index is 11.7. The number of hydrogen-bond acceptors (Lipinski definition) is 3. The van der Waals surface area contributed by atoms with Crippen LogP contribution in [0.1, 0.15) is 47.0 Å². The first-order valence-electron chi connectivity index (χ1n) is 7.03. The number of aliphatic carboxylic acids is 2. The molecule has 0 radical (unpaired) electrons. The Bertz CT molecular complexity index is 376. The largest absolute Gasteiger partial charge is 0.481 e. The van der Waals surface area contributed by atoms with Gasteiger partial charge in [-0.1, -0.05) is 27.7 Å². The SMILES string of the molecule is CC(CNC(=O)N[C@H](CCCC(=O)O)C(=O)O)C(C)(C)C. The van der Waals surface area contributed by atoms with E-state index in [2.05, 4.69) is 31.4 Å². The monoisotopic (exact) mass is 302 g/mol. The molecular weight excluding hydrogens is 276 g/mol. The van der Waals surface area contributed by atoms with Gasteiger partial charge in [0.25, 0.3) is 0 Å². The third-order valence-corrected chi connectivity index (χ3v) is 3.53. The third-order valence-electron chi connectivity index (χ3n) is 3.53. The fraction of sp³-hybridized carbons (Fsp3) is 0.786. The summed E-state index contributed by atoms with van der Waals surface area (Å²) in [6.45, 7) is 8.62. The molecule has 0 aromatic rings. The van der Waals surface area contributed by atoms with E-state index in [1.54, 1.807) is 0 Å². The minimum Gasteiger partial charge on any atom is -0.481 e. The van der Waals surface area contributed by atoms with Crippen molar-refractivity contribution in [2.75, 3.05) is 6.54 Å². The van der Waals surface area contributed by atoms with Crippen LogP contribution < -0.4 is 10.6 Å². The molecule has 0 aromatic heterocycles. The minimum absolute atomic E-state index is 0.0426. The molecule has 0 fully saturated rings. The van der Waals surface area contributed by atoms with Crippen molar-refractivity contribution in [2.45, 2.75) is 53.0 Å². The molecule has 0 heterocycles. The minimum atomic E-state index is -1.17. The van der Waals surface area contributed by atoms with Crippen LogP contribution in [0.5, 0.6) is 0 Å². The lowest BCUT2D eigenvalue weighted by Gasteiger charge is -2.27. The summed E-state index contributed by atoms with van der Waals surface area (Å²) >= 11 is 0. The maximum Gasteiger partial charge on any atom is 0.326 e. The Morgan fingerprint density at radius 2 is 1.71 bits per heavy atom. The Balaban J connectivity index is 4.23. The fourth-order valence-corrected chi connectivity index (χ4v) is 1.48. The summed E-state index contributed by atoms with van der Waals surface area (Å²) in [4.78, 5) is 33.1. The second-order valence-corrected chi connectivity index (χ2v) is 6.30. The Labute approximate surface area is 125 Å². The van der Waals surface area contributed by atoms with E-state index >= 15 is 0 Å². The summed E-state index contributed by atoms with van der Waals surface area (Å²) in [7, 11) is 0. The zero-order valence-electron chi connectivity index (χ0n) is 13.1. The predicted octanol–water partition coefficient (Wildman–Crippen LogP) is 1.68. The van der Waals surface area contributed by atoms with E-state index < -0.39 is 24.0 Å². The molecule has 0 rings (SSSR count). The lowest BCUT2D eigenvalue weighted by Crippen LogP contribution is -2.47. The van der Waals surface area contributed by atoms with E-state index in [0.29, 0.717) is 6.54 Å². The van der Waals surface area contributed by atoms with Gasteiger partial charge in [0.1, 0.15) is 6.04 Å². The summed E-state index contributed by atoms with van der Waals surface area (Å²) in [6, 6.07) is -1.62. The number of hydrogen-bond donors (Lipinski definition) is 4. The second-order valence-electron chi connectivity index (χ2n) is 6.30. The topological polar surface area (TPSA) is 116 Å². The average molecular weight is 302 g/mol. The molecule has 0 bridgehead atoms. The molecule has 4 N–H and O–H groups in total. The molecule has 21 heavy (non-hydrogen) atoms. The van der Waals surface area contributed by atoms with Gasteiger partial charge in [-0.05, 0) is 24.2 Å². The number of rotatable bonds is 8. The molecule has 7 heteroatoms. The second kappa shape index (κ2) is 8.49. The molecule has 2 amide bonds. The van der Waals surface area contributed by atoms with Crippen molar-refractivity contribution >= 4 is 18.0 Å². The van der Waals surface area contributed by atoms with E-state index in [-0.39, 0.29) is 30.6 Å². The zero-order valence-corrected chi connectivity index (χ0v) is 13.1. The summed E-state index contributed by atoms with van der Waals surface area (Å²) in [5.74, 6) is -1.92. The Morgan fingerprint density at radius 1 is 1.14 bits per heavy atom. The highest BCUT2D eigenvalue weighted by Crippen LogP contribution is 2.24. The van der Waals surface area contributed by atoms with Crippen LogP contribution in [0.25, 0.3) is 0 Å². The maximum absolute atomic E-state index is 11.7. The number of carboxylic acid groups (broad SMARTS) is 2. The van der Waals surface area contributed by atoms with Gasteiger partial charge in [0.05, 0.1) is 0 Å². The molecule has 0 saturated carbocycles. The van der Waals surface area contributed by atoms with Gasteiger partial charge >= 0.3 is 18.0 Å². The molecule has 1 unspecified atom stereocenters. The first-order valence-corrected chi connectivity index (χ1v) is 7.03. The predicted molar refractivity (Wildman–Crippen MR) is 78.1 cm³/mol. The van der Waals surface area contributed by atoms with E-state index in [1.165, 1.54) is 0 Å². The van der Waals surface area contributed by atoms with Gasteiger partial charge in [0.2, 0.25) is 0 Å². The van der Waals surface area contributed by atoms with Crippen molar-refractivity contribution in [1.82, 2.24) is 10.6 Å². The third kappa shape index (κ3) is 8.88. The zero-order chi connectivity index (χ0) is 16.6. The van der Waals surface area contributed by atoms with E-state index in [4.69, 9.17) is 10.2 Å². The van der Waals surface area contributed by atoms with Crippen LogP contribution in [-0.2, 0) is 9.59 Å². The lowest BCUT2D eigenvalue weighted by atomic mass is 9.82. The normalized spacial score (nSPS) is 14.1. The van der Waals surface area contributed by atoms with Gasteiger partial charge in [-0.2, -0.15) is 0 Å². The molecule has 0 aromatic carbocycles. The molecule has 0 aliphatic heterocycles. The number of urea groups is 1. The lowest BCUT2D eigenvalue weighted by molar-refractivity contribution is -0.140. The molecule has 0 spiro atoms. The smallest absolute Gasteiger partial charge is 0.326 e. The van der Waals surface area contributed by atoms with Crippen LogP contribution in [-0.4, -0.2) is 40.8 Å². The number of carbonyl (C=O) groups is 3. The van der Waals surface area contributed by atoms with Gasteiger partial charge in [0.15, 0.2) is 0 Å². The first-order chi connectivity index (χ1) is 9.54. The van der Waals surface area contributed by atoms with E-state index in [1.807, 2.05) is 6.92 Å². The molecule has 0 aliphatic carbocycles. The molecule has 2 atom stereocenters. The van der Waals surface area contributed by atoms with E-state index in [9.17, 15) is 14.4 Å². The van der Waals surface area contributed by atoms with Crippen LogP contribution >= 0.6 is 0 Å². The van der Waals surface area contributed by atoms with Gasteiger partial charge in [-0.25, -0.2) is 9.59 Å². The highest BCUT2D eigenvalue weighted by molar-refractivity contribution is 5.82. The highest BCUT2D eigenvalue weighted by atomic mass is 16.4.